The van der Waals surface area contributed by atoms with Crippen LogP contribution >= 0.6 is 10.8 Å². The third kappa shape index (κ3) is 9.99. The van der Waals surface area contributed by atoms with E-state index in [2.05, 4.69) is 29.8 Å². The van der Waals surface area contributed by atoms with Crippen LogP contribution in [0.4, 0.5) is 11.4 Å². The van der Waals surface area contributed by atoms with Crippen LogP contribution in [0.5, 0.6) is 0 Å². The number of nitrogens with zero attached hydrogens (tertiary/aromatic N) is 1. The van der Waals surface area contributed by atoms with Crippen LogP contribution in [0.25, 0.3) is 0 Å². The molecule has 0 radical (unpaired) electrons. The summed E-state index contributed by atoms with van der Waals surface area (Å²) in [6.45, 7) is 8.83. The van der Waals surface area contributed by atoms with E-state index in [9.17, 15) is 19.0 Å². The van der Waals surface area contributed by atoms with Gasteiger partial charge in [0.05, 0.1) is 23.6 Å². The lowest BCUT2D eigenvalue weighted by Gasteiger charge is -2.47. The van der Waals surface area contributed by atoms with Crippen LogP contribution in [-0.4, -0.2) is 64.2 Å². The highest BCUT2D eigenvalue weighted by Gasteiger charge is 2.28. The van der Waals surface area contributed by atoms with Gasteiger partial charge in [0, 0.05) is 30.9 Å². The predicted molar refractivity (Wildman–Crippen MR) is 164 cm³/mol. The van der Waals surface area contributed by atoms with E-state index >= 15 is 0 Å². The second-order valence-electron chi connectivity index (χ2n) is 10.9. The first kappa shape index (κ1) is 31.2. The zero-order valence-electron chi connectivity index (χ0n) is 23.7. The Morgan fingerprint density at radius 1 is 1.08 bits per heavy atom. The Kier molecular flexibility index (Phi) is 12.4. The molecule has 8 nitrogen and oxygen atoms in total. The summed E-state index contributed by atoms with van der Waals surface area (Å²) in [7, 11) is -2.92. The van der Waals surface area contributed by atoms with Crippen molar-refractivity contribution in [2.75, 3.05) is 41.6 Å². The van der Waals surface area contributed by atoms with Gasteiger partial charge in [0.25, 0.3) is 5.91 Å². The van der Waals surface area contributed by atoms with Crippen LogP contribution in [0.3, 0.4) is 0 Å². The first-order valence-corrected chi connectivity index (χ1v) is 16.0. The maximum absolute atomic E-state index is 13.6. The Hall–Kier alpha value is -2.30. The van der Waals surface area contributed by atoms with Gasteiger partial charge in [-0.25, -0.2) is 0 Å². The number of benzene rings is 2. The molecule has 218 valence electrons. The van der Waals surface area contributed by atoms with E-state index in [-0.39, 0.29) is 5.91 Å². The van der Waals surface area contributed by atoms with Crippen molar-refractivity contribution >= 4 is 28.1 Å². The summed E-state index contributed by atoms with van der Waals surface area (Å²) in [5.41, 5.74) is 2.80. The molecule has 2 atom stereocenters. The molecule has 0 bridgehead atoms. The number of amides is 1. The van der Waals surface area contributed by atoms with E-state index in [1.165, 1.54) is 6.42 Å². The second kappa shape index (κ2) is 15.5. The monoisotopic (exact) mass is 560 g/mol. The van der Waals surface area contributed by atoms with E-state index in [0.29, 0.717) is 49.0 Å². The average molecular weight is 561 g/mol. The van der Waals surface area contributed by atoms with Crippen LogP contribution in [-0.2, 0) is 6.42 Å². The van der Waals surface area contributed by atoms with Crippen molar-refractivity contribution in [3.8, 4) is 0 Å². The van der Waals surface area contributed by atoms with Crippen LogP contribution < -0.4 is 20.3 Å². The lowest BCUT2D eigenvalue weighted by molar-refractivity contribution is 0.0830. The number of aliphatic hydroxyl groups is 1. The quantitative estimate of drug-likeness (QED) is 0.159. The Balaban J connectivity index is 1.75. The number of hydrogen-bond acceptors (Lipinski definition) is 7. The number of nitrogens with one attached hydrogen (secondary N) is 3. The number of aliphatic hydroxyl groups excluding tert-OH is 1. The molecule has 2 aromatic carbocycles. The van der Waals surface area contributed by atoms with Crippen molar-refractivity contribution in [2.45, 2.75) is 71.4 Å². The van der Waals surface area contributed by atoms with Gasteiger partial charge < -0.3 is 21.1 Å². The number of hydrogen-bond donors (Lipinski definition) is 6. The molecule has 0 aliphatic carbocycles. The fourth-order valence-corrected chi connectivity index (χ4v) is 6.57. The summed E-state index contributed by atoms with van der Waals surface area (Å²) in [6.07, 6.45) is 4.74. The molecule has 0 spiro atoms. The van der Waals surface area contributed by atoms with Crippen molar-refractivity contribution in [3.63, 3.8) is 0 Å². The fraction of sp³-hybridized carbons (Fsp3) is 0.567. The first-order chi connectivity index (χ1) is 18.7. The number of rotatable bonds is 15. The van der Waals surface area contributed by atoms with Gasteiger partial charge in [-0.15, -0.1) is 10.8 Å². The van der Waals surface area contributed by atoms with Crippen molar-refractivity contribution in [1.82, 2.24) is 10.6 Å². The zero-order valence-corrected chi connectivity index (χ0v) is 24.6. The van der Waals surface area contributed by atoms with E-state index in [1.807, 2.05) is 43.3 Å². The molecule has 1 fully saturated rings. The van der Waals surface area contributed by atoms with Crippen molar-refractivity contribution in [2.24, 2.45) is 5.92 Å². The Morgan fingerprint density at radius 3 is 2.54 bits per heavy atom. The molecule has 0 saturated carbocycles. The van der Waals surface area contributed by atoms with Crippen LogP contribution in [0.2, 0.25) is 0 Å². The van der Waals surface area contributed by atoms with Crippen molar-refractivity contribution in [3.05, 3.63) is 59.7 Å². The molecular weight excluding hydrogens is 512 g/mol. The molecule has 3 rings (SSSR count). The maximum Gasteiger partial charge on any atom is 0.251 e. The molecule has 0 aromatic heterocycles. The van der Waals surface area contributed by atoms with Crippen molar-refractivity contribution < 1.29 is 19.0 Å². The molecular formula is C30H48N4O4S. The molecule has 6 N–H and O–H groups in total. The lowest BCUT2D eigenvalue weighted by Crippen LogP contribution is -2.49. The van der Waals surface area contributed by atoms with Crippen LogP contribution in [0.1, 0.15) is 68.8 Å². The number of anilines is 2. The highest BCUT2D eigenvalue weighted by Crippen LogP contribution is 2.50. The Labute approximate surface area is 236 Å². The number of carbonyl (C=O) groups excluding carboxylic acids is 1. The van der Waals surface area contributed by atoms with Crippen LogP contribution in [0, 0.1) is 5.92 Å². The summed E-state index contributed by atoms with van der Waals surface area (Å²) in [5.74, 6) is 0.715. The largest absolute Gasteiger partial charge is 0.390 e. The number of unbranched alkanes of at least 4 members (excludes halogenated alkanes) is 1. The average Bonchev–Trinajstić information content (AvgIpc) is 2.90. The molecule has 1 saturated heterocycles. The third-order valence-corrected chi connectivity index (χ3v) is 8.98. The standard InChI is InChI=1S/C30H48N4O4S/c1-4-32-26-19-25(20-27(21-26)34-16-10-11-17-39(34,37)38)30(36)33-28(18-24-13-6-5-7-14-24)29(35)22-31-15-9-8-12-23(2)3/h5-7,13-14,19-21,23,28-29,31-32,35,37-38H,4,8-12,15-18,22H2,1-3H3,(H,33,36). The summed E-state index contributed by atoms with van der Waals surface area (Å²) in [6, 6.07) is 14.7. The third-order valence-electron chi connectivity index (χ3n) is 7.05. The summed E-state index contributed by atoms with van der Waals surface area (Å²) in [5, 5.41) is 20.8. The van der Waals surface area contributed by atoms with E-state index < -0.39 is 22.9 Å². The summed E-state index contributed by atoms with van der Waals surface area (Å²) >= 11 is 0. The van der Waals surface area contributed by atoms with E-state index in [4.69, 9.17) is 0 Å². The highest BCUT2D eigenvalue weighted by atomic mass is 32.3. The first-order valence-electron chi connectivity index (χ1n) is 14.4. The molecule has 1 amide bonds. The Morgan fingerprint density at radius 2 is 1.85 bits per heavy atom. The minimum Gasteiger partial charge on any atom is -0.390 e. The second-order valence-corrected chi connectivity index (χ2v) is 13.0. The van der Waals surface area contributed by atoms with Gasteiger partial charge in [0.2, 0.25) is 0 Å². The molecule has 2 aromatic rings. The van der Waals surface area contributed by atoms with Crippen molar-refractivity contribution in [1.29, 1.82) is 0 Å². The SMILES string of the molecule is CCNc1cc(C(=O)NC(Cc2ccccc2)C(O)CNCCCCC(C)C)cc(N2CCCCS2(O)O)c1. The normalized spacial score (nSPS) is 17.5. The highest BCUT2D eigenvalue weighted by molar-refractivity contribution is 8.25. The van der Waals surface area contributed by atoms with Gasteiger partial charge in [-0.2, -0.15) is 0 Å². The summed E-state index contributed by atoms with van der Waals surface area (Å²) < 4.78 is 23.0. The minimum atomic E-state index is -2.92. The predicted octanol–water partition coefficient (Wildman–Crippen LogP) is 5.50. The summed E-state index contributed by atoms with van der Waals surface area (Å²) in [4.78, 5) is 13.6. The number of carbonyl (C=O) groups is 1. The fourth-order valence-electron chi connectivity index (χ4n) is 4.90. The molecule has 1 aliphatic heterocycles. The molecule has 2 unspecified atom stereocenters. The zero-order chi connectivity index (χ0) is 28.3. The Bertz CT molecular complexity index is 1020. The topological polar surface area (TPSA) is 117 Å². The molecule has 39 heavy (non-hydrogen) atoms. The maximum atomic E-state index is 13.6. The van der Waals surface area contributed by atoms with Gasteiger partial charge >= 0.3 is 0 Å². The van der Waals surface area contributed by atoms with E-state index in [0.717, 1.165) is 43.5 Å². The van der Waals surface area contributed by atoms with Gasteiger partial charge in [0.1, 0.15) is 0 Å². The van der Waals surface area contributed by atoms with Gasteiger partial charge in [-0.3, -0.25) is 18.2 Å². The molecule has 1 heterocycles. The molecule has 1 aliphatic rings. The van der Waals surface area contributed by atoms with Crippen LogP contribution in [0.15, 0.2) is 48.5 Å². The minimum absolute atomic E-state index is 0.304. The molecule has 9 heteroatoms. The van der Waals surface area contributed by atoms with Gasteiger partial charge in [0.15, 0.2) is 0 Å². The van der Waals surface area contributed by atoms with Gasteiger partial charge in [-0.05, 0) is 68.8 Å². The van der Waals surface area contributed by atoms with E-state index in [1.54, 1.807) is 16.4 Å². The van der Waals surface area contributed by atoms with Gasteiger partial charge in [-0.1, -0.05) is 57.0 Å². The smallest absolute Gasteiger partial charge is 0.251 e. The lowest BCUT2D eigenvalue weighted by atomic mass is 10.00.